The van der Waals surface area contributed by atoms with Crippen LogP contribution in [0.1, 0.15) is 96.8 Å². The van der Waals surface area contributed by atoms with Crippen molar-refractivity contribution in [1.82, 2.24) is 0 Å². The van der Waals surface area contributed by atoms with Crippen LogP contribution in [0.2, 0.25) is 0 Å². The van der Waals surface area contributed by atoms with Gasteiger partial charge in [-0.05, 0) is 32.1 Å². The fourth-order valence-corrected chi connectivity index (χ4v) is 2.56. The quantitative estimate of drug-likeness (QED) is 0.158. The second-order valence-electron chi connectivity index (χ2n) is 5.89. The Labute approximate surface area is 132 Å². The molecule has 120 valence electrons. The summed E-state index contributed by atoms with van der Waals surface area (Å²) in [5, 5.41) is 0. The van der Waals surface area contributed by atoms with E-state index >= 15 is 0 Å². The third kappa shape index (κ3) is 18.0. The number of alkyl halides is 1. The Morgan fingerprint density at radius 2 is 1.20 bits per heavy atom. The van der Waals surface area contributed by atoms with Gasteiger partial charge in [0.15, 0.2) is 0 Å². The molecule has 20 heavy (non-hydrogen) atoms. The lowest BCUT2D eigenvalue weighted by Crippen LogP contribution is -2.10. The van der Waals surface area contributed by atoms with Gasteiger partial charge < -0.3 is 5.73 Å². The lowest BCUT2D eigenvalue weighted by atomic mass is 10.1. The first-order chi connectivity index (χ1) is 9.77. The van der Waals surface area contributed by atoms with Gasteiger partial charge in [0.1, 0.15) is 0 Å². The molecule has 2 N–H and O–H groups in total. The smallest absolute Gasteiger partial charge is 0.0800 e. The van der Waals surface area contributed by atoms with E-state index in [2.05, 4.69) is 19.1 Å². The lowest BCUT2D eigenvalue weighted by molar-refractivity contribution is 0.589. The molecule has 0 radical (unpaired) electrons. The van der Waals surface area contributed by atoms with Gasteiger partial charge in [0.2, 0.25) is 0 Å². The molecular weight excluding hydrogens is 266 g/mol. The molecule has 0 spiro atoms. The van der Waals surface area contributed by atoms with Gasteiger partial charge in [-0.3, -0.25) is 0 Å². The summed E-state index contributed by atoms with van der Waals surface area (Å²) in [6.45, 7) is 2.27. The fourth-order valence-electron chi connectivity index (χ4n) is 2.41. The van der Waals surface area contributed by atoms with E-state index in [-0.39, 0.29) is 5.50 Å². The van der Waals surface area contributed by atoms with Crippen LogP contribution in [0, 0.1) is 0 Å². The highest BCUT2D eigenvalue weighted by Gasteiger charge is 1.95. The molecule has 0 rings (SSSR count). The van der Waals surface area contributed by atoms with Crippen LogP contribution in [0.5, 0.6) is 0 Å². The SMILES string of the molecule is CCCCCCCC/C=C\CCCCCCCC(N)Cl. The summed E-state index contributed by atoms with van der Waals surface area (Å²) in [6.07, 6.45) is 23.1. The van der Waals surface area contributed by atoms with Crippen molar-refractivity contribution in [2.24, 2.45) is 5.73 Å². The average Bonchev–Trinajstić information content (AvgIpc) is 2.43. The predicted molar refractivity (Wildman–Crippen MR) is 93.3 cm³/mol. The molecule has 0 saturated carbocycles. The van der Waals surface area contributed by atoms with Crippen LogP contribution in [0.3, 0.4) is 0 Å². The molecule has 0 aliphatic heterocycles. The second kappa shape index (κ2) is 17.0. The zero-order valence-electron chi connectivity index (χ0n) is 13.6. The number of allylic oxidation sites excluding steroid dienone is 2. The highest BCUT2D eigenvalue weighted by molar-refractivity contribution is 6.20. The predicted octanol–water partition coefficient (Wildman–Crippen LogP) is 6.55. The van der Waals surface area contributed by atoms with Crippen LogP contribution in [0.4, 0.5) is 0 Å². The Balaban J connectivity index is 3.05. The van der Waals surface area contributed by atoms with Crippen molar-refractivity contribution in [2.75, 3.05) is 0 Å². The van der Waals surface area contributed by atoms with Gasteiger partial charge in [0.05, 0.1) is 5.50 Å². The van der Waals surface area contributed by atoms with Crippen molar-refractivity contribution < 1.29 is 0 Å². The van der Waals surface area contributed by atoms with E-state index in [1.165, 1.54) is 83.5 Å². The number of hydrogen-bond acceptors (Lipinski definition) is 1. The molecule has 0 aromatic carbocycles. The Kier molecular flexibility index (Phi) is 17.0. The maximum absolute atomic E-state index is 5.70. The second-order valence-corrected chi connectivity index (χ2v) is 6.45. The van der Waals surface area contributed by atoms with Crippen molar-refractivity contribution in [2.45, 2.75) is 102 Å². The van der Waals surface area contributed by atoms with E-state index in [1.54, 1.807) is 0 Å². The minimum Gasteiger partial charge on any atom is -0.315 e. The highest BCUT2D eigenvalue weighted by atomic mass is 35.5. The Hall–Kier alpha value is -0.0100. The molecule has 1 nitrogen and oxygen atoms in total. The van der Waals surface area contributed by atoms with E-state index in [0.717, 1.165) is 6.42 Å². The number of halogens is 1. The van der Waals surface area contributed by atoms with E-state index in [9.17, 15) is 0 Å². The molecule has 0 heterocycles. The fraction of sp³-hybridized carbons (Fsp3) is 0.889. The first kappa shape index (κ1) is 20.0. The van der Waals surface area contributed by atoms with Crippen molar-refractivity contribution in [3.63, 3.8) is 0 Å². The van der Waals surface area contributed by atoms with Crippen molar-refractivity contribution in [1.29, 1.82) is 0 Å². The number of rotatable bonds is 15. The molecule has 1 unspecified atom stereocenters. The molecule has 0 aromatic rings. The summed E-state index contributed by atoms with van der Waals surface area (Å²) in [7, 11) is 0. The average molecular weight is 302 g/mol. The van der Waals surface area contributed by atoms with Crippen LogP contribution in [0.25, 0.3) is 0 Å². The van der Waals surface area contributed by atoms with Crippen LogP contribution in [-0.2, 0) is 0 Å². The van der Waals surface area contributed by atoms with Crippen molar-refractivity contribution >= 4 is 11.6 Å². The standard InChI is InChI=1S/C18H36ClN/c1-2-3-4-5-6-7-8-9-10-11-12-13-14-15-16-17-18(19)20/h9-10,18H,2-8,11-17,20H2,1H3/b10-9-. The number of unbranched alkanes of at least 4 members (excludes halogenated alkanes) is 11. The topological polar surface area (TPSA) is 26.0 Å². The van der Waals surface area contributed by atoms with Crippen molar-refractivity contribution in [3.8, 4) is 0 Å². The zero-order valence-corrected chi connectivity index (χ0v) is 14.3. The third-order valence-electron chi connectivity index (χ3n) is 3.74. The molecule has 0 aliphatic carbocycles. The minimum atomic E-state index is -0.139. The first-order valence-electron chi connectivity index (χ1n) is 8.82. The summed E-state index contributed by atoms with van der Waals surface area (Å²) in [5.74, 6) is 0. The summed E-state index contributed by atoms with van der Waals surface area (Å²) in [6, 6.07) is 0. The molecule has 0 bridgehead atoms. The van der Waals surface area contributed by atoms with Gasteiger partial charge in [0.25, 0.3) is 0 Å². The molecule has 1 atom stereocenters. The minimum absolute atomic E-state index is 0.139. The van der Waals surface area contributed by atoms with Crippen LogP contribution in [0.15, 0.2) is 12.2 Å². The van der Waals surface area contributed by atoms with Gasteiger partial charge in [-0.1, -0.05) is 76.9 Å². The summed E-state index contributed by atoms with van der Waals surface area (Å²) >= 11 is 5.70. The van der Waals surface area contributed by atoms with E-state index in [1.807, 2.05) is 0 Å². The Morgan fingerprint density at radius 3 is 1.70 bits per heavy atom. The summed E-state index contributed by atoms with van der Waals surface area (Å²) < 4.78 is 0. The normalized spacial score (nSPS) is 13.2. The largest absolute Gasteiger partial charge is 0.315 e. The first-order valence-corrected chi connectivity index (χ1v) is 9.25. The molecule has 0 aromatic heterocycles. The molecule has 0 amide bonds. The third-order valence-corrected chi connectivity index (χ3v) is 3.96. The van der Waals surface area contributed by atoms with Gasteiger partial charge >= 0.3 is 0 Å². The molecule has 2 heteroatoms. The van der Waals surface area contributed by atoms with E-state index < -0.39 is 0 Å². The number of hydrogen-bond donors (Lipinski definition) is 1. The van der Waals surface area contributed by atoms with Gasteiger partial charge in [0, 0.05) is 0 Å². The molecule has 0 aliphatic rings. The van der Waals surface area contributed by atoms with Gasteiger partial charge in [-0.2, -0.15) is 0 Å². The van der Waals surface area contributed by atoms with Crippen LogP contribution < -0.4 is 5.73 Å². The maximum Gasteiger partial charge on any atom is 0.0800 e. The highest BCUT2D eigenvalue weighted by Crippen LogP contribution is 2.10. The lowest BCUT2D eigenvalue weighted by Gasteiger charge is -2.02. The van der Waals surface area contributed by atoms with E-state index in [4.69, 9.17) is 17.3 Å². The number of nitrogens with two attached hydrogens (primary N) is 1. The maximum atomic E-state index is 5.70. The molecule has 0 fully saturated rings. The van der Waals surface area contributed by atoms with E-state index in [0.29, 0.717) is 0 Å². The summed E-state index contributed by atoms with van der Waals surface area (Å²) in [4.78, 5) is 0. The van der Waals surface area contributed by atoms with Crippen LogP contribution in [-0.4, -0.2) is 5.50 Å². The van der Waals surface area contributed by atoms with Gasteiger partial charge in [-0.25, -0.2) is 0 Å². The van der Waals surface area contributed by atoms with Crippen LogP contribution >= 0.6 is 11.6 Å². The Bertz CT molecular complexity index is 202. The monoisotopic (exact) mass is 301 g/mol. The molecular formula is C18H36ClN. The molecule has 0 saturated heterocycles. The zero-order chi connectivity index (χ0) is 14.9. The Morgan fingerprint density at radius 1 is 0.750 bits per heavy atom. The van der Waals surface area contributed by atoms with Crippen molar-refractivity contribution in [3.05, 3.63) is 12.2 Å². The summed E-state index contributed by atoms with van der Waals surface area (Å²) in [5.41, 5.74) is 5.36. The van der Waals surface area contributed by atoms with Gasteiger partial charge in [-0.15, -0.1) is 11.6 Å².